The van der Waals surface area contributed by atoms with E-state index in [-0.39, 0.29) is 29.9 Å². The van der Waals surface area contributed by atoms with Crippen LogP contribution < -0.4 is 5.32 Å². The van der Waals surface area contributed by atoms with E-state index in [9.17, 15) is 14.0 Å². The number of amides is 2. The van der Waals surface area contributed by atoms with Crippen LogP contribution in [0.15, 0.2) is 42.5 Å². The van der Waals surface area contributed by atoms with Gasteiger partial charge in [-0.25, -0.2) is 4.39 Å². The Morgan fingerprint density at radius 2 is 1.68 bits per heavy atom. The van der Waals surface area contributed by atoms with Gasteiger partial charge in [-0.15, -0.1) is 11.8 Å². The number of nitrogens with zero attached hydrogens (tertiary/aromatic N) is 1. The second-order valence-electron chi connectivity index (χ2n) is 7.70. The molecule has 0 aliphatic rings. The Bertz CT molecular complexity index is 894. The van der Waals surface area contributed by atoms with Crippen molar-refractivity contribution in [3.63, 3.8) is 0 Å². The average molecular weight is 485 g/mol. The highest BCUT2D eigenvalue weighted by Crippen LogP contribution is 2.25. The molecule has 0 aliphatic heterocycles. The number of hydrogen-bond acceptors (Lipinski definition) is 3. The van der Waals surface area contributed by atoms with Crippen LogP contribution >= 0.6 is 35.0 Å². The zero-order valence-electron chi connectivity index (χ0n) is 17.8. The Hall–Kier alpha value is -1.76. The first-order chi connectivity index (χ1) is 14.7. The normalized spacial score (nSPS) is 12.0. The van der Waals surface area contributed by atoms with Gasteiger partial charge in [-0.1, -0.05) is 55.2 Å². The van der Waals surface area contributed by atoms with Gasteiger partial charge in [-0.05, 0) is 48.2 Å². The summed E-state index contributed by atoms with van der Waals surface area (Å²) in [5.41, 5.74) is 1.72. The molecule has 2 rings (SSSR count). The van der Waals surface area contributed by atoms with Crippen LogP contribution in [0.4, 0.5) is 4.39 Å². The highest BCUT2D eigenvalue weighted by Gasteiger charge is 2.26. The van der Waals surface area contributed by atoms with Crippen molar-refractivity contribution in [3.8, 4) is 0 Å². The van der Waals surface area contributed by atoms with Crippen LogP contribution in [0.2, 0.25) is 10.0 Å². The van der Waals surface area contributed by atoms with Crippen LogP contribution in [0.25, 0.3) is 0 Å². The molecule has 0 saturated carbocycles. The van der Waals surface area contributed by atoms with Gasteiger partial charge in [0.25, 0.3) is 0 Å². The van der Waals surface area contributed by atoms with E-state index >= 15 is 0 Å². The zero-order chi connectivity index (χ0) is 23.0. The summed E-state index contributed by atoms with van der Waals surface area (Å²) in [5, 5.41) is 3.83. The first-order valence-corrected chi connectivity index (χ1v) is 11.9. The number of thioether (sulfide) groups is 1. The number of nitrogens with one attached hydrogen (secondary N) is 1. The summed E-state index contributed by atoms with van der Waals surface area (Å²) >= 11 is 13.4. The molecule has 0 heterocycles. The standard InChI is InChI=1S/C23H27Cl2FN2O2S/c1-15(2)11-27-23(30)16(3)28(12-17-4-7-19(26)8-5-17)22(29)14-31-13-18-6-9-20(24)21(25)10-18/h4-10,15-16H,11-14H2,1-3H3,(H,27,30)/t16-/m1/s1. The Kier molecular flexibility index (Phi) is 10.1. The van der Waals surface area contributed by atoms with Crippen LogP contribution in [-0.4, -0.2) is 35.1 Å². The van der Waals surface area contributed by atoms with Crippen molar-refractivity contribution >= 4 is 46.8 Å². The van der Waals surface area contributed by atoms with Gasteiger partial charge in [0.15, 0.2) is 0 Å². The number of carbonyl (C=O) groups excluding carboxylic acids is 2. The summed E-state index contributed by atoms with van der Waals surface area (Å²) < 4.78 is 13.3. The highest BCUT2D eigenvalue weighted by molar-refractivity contribution is 7.99. The van der Waals surface area contributed by atoms with Crippen molar-refractivity contribution in [1.82, 2.24) is 10.2 Å². The van der Waals surface area contributed by atoms with Gasteiger partial charge in [-0.3, -0.25) is 9.59 Å². The second-order valence-corrected chi connectivity index (χ2v) is 9.50. The van der Waals surface area contributed by atoms with E-state index in [2.05, 4.69) is 5.32 Å². The van der Waals surface area contributed by atoms with E-state index in [0.29, 0.717) is 28.3 Å². The molecular formula is C23H27Cl2FN2O2S. The van der Waals surface area contributed by atoms with Crippen LogP contribution in [-0.2, 0) is 21.9 Å². The number of halogens is 3. The fraction of sp³-hybridized carbons (Fsp3) is 0.391. The topological polar surface area (TPSA) is 49.4 Å². The second kappa shape index (κ2) is 12.3. The lowest BCUT2D eigenvalue weighted by Gasteiger charge is -2.29. The maximum atomic E-state index is 13.3. The summed E-state index contributed by atoms with van der Waals surface area (Å²) in [6, 6.07) is 10.7. The van der Waals surface area contributed by atoms with Gasteiger partial charge in [0, 0.05) is 18.8 Å². The number of benzene rings is 2. The van der Waals surface area contributed by atoms with Gasteiger partial charge in [0.1, 0.15) is 11.9 Å². The lowest BCUT2D eigenvalue weighted by Crippen LogP contribution is -2.48. The number of carbonyl (C=O) groups is 2. The van der Waals surface area contributed by atoms with Gasteiger partial charge in [0.05, 0.1) is 15.8 Å². The predicted molar refractivity (Wildman–Crippen MR) is 127 cm³/mol. The summed E-state index contributed by atoms with van der Waals surface area (Å²) in [6.07, 6.45) is 0. The monoisotopic (exact) mass is 484 g/mol. The molecule has 8 heteroatoms. The van der Waals surface area contributed by atoms with Gasteiger partial charge >= 0.3 is 0 Å². The SMILES string of the molecule is CC(C)CNC(=O)[C@@H](C)N(Cc1ccc(F)cc1)C(=O)CSCc1ccc(Cl)c(Cl)c1. The largest absolute Gasteiger partial charge is 0.354 e. The smallest absolute Gasteiger partial charge is 0.242 e. The van der Waals surface area contributed by atoms with E-state index in [4.69, 9.17) is 23.2 Å². The first-order valence-electron chi connectivity index (χ1n) is 10.0. The van der Waals surface area contributed by atoms with Crippen molar-refractivity contribution in [2.45, 2.75) is 39.1 Å². The van der Waals surface area contributed by atoms with Gasteiger partial charge in [0.2, 0.25) is 11.8 Å². The molecule has 1 N–H and O–H groups in total. The van der Waals surface area contributed by atoms with Gasteiger partial charge in [-0.2, -0.15) is 0 Å². The molecule has 0 aliphatic carbocycles. The van der Waals surface area contributed by atoms with E-state index in [1.54, 1.807) is 31.2 Å². The number of hydrogen-bond donors (Lipinski definition) is 1. The maximum Gasteiger partial charge on any atom is 0.242 e. The number of rotatable bonds is 10. The Labute approximate surface area is 197 Å². The van der Waals surface area contributed by atoms with Crippen molar-refractivity contribution < 1.29 is 14.0 Å². The fourth-order valence-electron chi connectivity index (χ4n) is 2.79. The summed E-state index contributed by atoms with van der Waals surface area (Å²) in [6.45, 7) is 6.48. The zero-order valence-corrected chi connectivity index (χ0v) is 20.2. The third-order valence-corrected chi connectivity index (χ3v) is 6.32. The molecular weight excluding hydrogens is 458 g/mol. The van der Waals surface area contributed by atoms with E-state index in [0.717, 1.165) is 11.1 Å². The predicted octanol–water partition coefficient (Wildman–Crippen LogP) is 5.56. The molecule has 0 radical (unpaired) electrons. The molecule has 0 unspecified atom stereocenters. The van der Waals surface area contributed by atoms with E-state index in [1.807, 2.05) is 19.9 Å². The average Bonchev–Trinajstić information content (AvgIpc) is 2.73. The van der Waals surface area contributed by atoms with E-state index in [1.165, 1.54) is 28.8 Å². The molecule has 1 atom stereocenters. The summed E-state index contributed by atoms with van der Waals surface area (Å²) in [5.74, 6) is 0.366. The molecule has 0 saturated heterocycles. The molecule has 2 amide bonds. The fourth-order valence-corrected chi connectivity index (χ4v) is 3.97. The van der Waals surface area contributed by atoms with Crippen LogP contribution in [0.5, 0.6) is 0 Å². The molecule has 4 nitrogen and oxygen atoms in total. The molecule has 0 bridgehead atoms. The Morgan fingerprint density at radius 3 is 2.29 bits per heavy atom. The lowest BCUT2D eigenvalue weighted by molar-refractivity contribution is -0.138. The molecule has 0 aromatic heterocycles. The summed E-state index contributed by atoms with van der Waals surface area (Å²) in [4.78, 5) is 27.1. The minimum absolute atomic E-state index is 0.165. The molecule has 2 aromatic rings. The third-order valence-electron chi connectivity index (χ3n) is 4.60. The van der Waals surface area contributed by atoms with E-state index < -0.39 is 6.04 Å². The first kappa shape index (κ1) is 25.5. The lowest BCUT2D eigenvalue weighted by atomic mass is 10.1. The van der Waals surface area contributed by atoms with Gasteiger partial charge < -0.3 is 10.2 Å². The Morgan fingerprint density at radius 1 is 1.03 bits per heavy atom. The molecule has 2 aromatic carbocycles. The van der Waals surface area contributed by atoms with Crippen molar-refractivity contribution in [3.05, 3.63) is 69.5 Å². The molecule has 168 valence electrons. The molecule has 0 spiro atoms. The molecule has 0 fully saturated rings. The minimum Gasteiger partial charge on any atom is -0.354 e. The maximum absolute atomic E-state index is 13.3. The minimum atomic E-state index is -0.651. The quantitative estimate of drug-likeness (QED) is 0.480. The van der Waals surface area contributed by atoms with Crippen molar-refractivity contribution in [2.75, 3.05) is 12.3 Å². The summed E-state index contributed by atoms with van der Waals surface area (Å²) in [7, 11) is 0. The Balaban J connectivity index is 2.05. The third kappa shape index (κ3) is 8.36. The van der Waals surface area contributed by atoms with Crippen LogP contribution in [0.1, 0.15) is 31.9 Å². The molecule has 31 heavy (non-hydrogen) atoms. The van der Waals surface area contributed by atoms with Crippen molar-refractivity contribution in [1.29, 1.82) is 0 Å². The highest BCUT2D eigenvalue weighted by atomic mass is 35.5. The van der Waals surface area contributed by atoms with Crippen molar-refractivity contribution in [2.24, 2.45) is 5.92 Å². The van der Waals surface area contributed by atoms with Crippen LogP contribution in [0, 0.1) is 11.7 Å². The van der Waals surface area contributed by atoms with Crippen LogP contribution in [0.3, 0.4) is 0 Å².